The molecule has 0 aliphatic rings. The van der Waals surface area contributed by atoms with Gasteiger partial charge in [0.25, 0.3) is 0 Å². The molecule has 2 rings (SSSR count). The minimum absolute atomic E-state index is 0.285. The summed E-state index contributed by atoms with van der Waals surface area (Å²) in [5, 5.41) is 10.8. The maximum Gasteiger partial charge on any atom is 0.0966 e. The smallest absolute Gasteiger partial charge is 0.0966 e. The SMILES string of the molecule is N#CCC#Cc1ccc2ccccc2c1. The number of hydrogen-bond acceptors (Lipinski definition) is 1. The normalized spacial score (nSPS) is 9.00. The lowest BCUT2D eigenvalue weighted by molar-refractivity contribution is 1.40. The Labute approximate surface area is 89.0 Å². The van der Waals surface area contributed by atoms with Gasteiger partial charge in [-0.3, -0.25) is 0 Å². The molecule has 0 saturated heterocycles. The van der Waals surface area contributed by atoms with Crippen LogP contribution in [-0.4, -0.2) is 0 Å². The molecule has 0 aliphatic heterocycles. The molecule has 0 spiro atoms. The third-order valence-corrected chi connectivity index (χ3v) is 2.15. The first kappa shape index (κ1) is 9.31. The third-order valence-electron chi connectivity index (χ3n) is 2.15. The molecule has 0 amide bonds. The molecule has 2 aromatic carbocycles. The molecule has 0 radical (unpaired) electrons. The second-order valence-corrected chi connectivity index (χ2v) is 3.20. The molecular weight excluding hydrogens is 182 g/mol. The van der Waals surface area contributed by atoms with Crippen LogP contribution < -0.4 is 0 Å². The molecule has 70 valence electrons. The van der Waals surface area contributed by atoms with Gasteiger partial charge in [-0.25, -0.2) is 0 Å². The Morgan fingerprint density at radius 3 is 2.60 bits per heavy atom. The zero-order valence-corrected chi connectivity index (χ0v) is 8.20. The highest BCUT2D eigenvalue weighted by Gasteiger charge is 1.92. The fraction of sp³-hybridized carbons (Fsp3) is 0.0714. The van der Waals surface area contributed by atoms with Crippen molar-refractivity contribution in [3.05, 3.63) is 48.0 Å². The van der Waals surface area contributed by atoms with Gasteiger partial charge in [-0.05, 0) is 22.9 Å². The maximum atomic E-state index is 8.36. The summed E-state index contributed by atoms with van der Waals surface area (Å²) in [5.74, 6) is 5.77. The fourth-order valence-corrected chi connectivity index (χ4v) is 1.45. The highest BCUT2D eigenvalue weighted by Crippen LogP contribution is 2.14. The number of benzene rings is 2. The van der Waals surface area contributed by atoms with Crippen LogP contribution in [0.15, 0.2) is 42.5 Å². The van der Waals surface area contributed by atoms with E-state index in [0.717, 1.165) is 5.56 Å². The van der Waals surface area contributed by atoms with Crippen molar-refractivity contribution in [2.24, 2.45) is 0 Å². The van der Waals surface area contributed by atoms with E-state index in [-0.39, 0.29) is 6.42 Å². The van der Waals surface area contributed by atoms with Crippen LogP contribution in [0.25, 0.3) is 10.8 Å². The molecular formula is C14H9N. The van der Waals surface area contributed by atoms with E-state index in [0.29, 0.717) is 0 Å². The summed E-state index contributed by atoms with van der Waals surface area (Å²) in [6.07, 6.45) is 0.285. The zero-order valence-electron chi connectivity index (χ0n) is 8.20. The van der Waals surface area contributed by atoms with Gasteiger partial charge in [0, 0.05) is 5.56 Å². The van der Waals surface area contributed by atoms with Gasteiger partial charge < -0.3 is 0 Å². The van der Waals surface area contributed by atoms with E-state index in [2.05, 4.69) is 24.0 Å². The van der Waals surface area contributed by atoms with Crippen LogP contribution in [0.4, 0.5) is 0 Å². The van der Waals surface area contributed by atoms with Crippen LogP contribution in [0.1, 0.15) is 12.0 Å². The fourth-order valence-electron chi connectivity index (χ4n) is 1.45. The summed E-state index contributed by atoms with van der Waals surface area (Å²) < 4.78 is 0. The van der Waals surface area contributed by atoms with Crippen molar-refractivity contribution in [2.45, 2.75) is 6.42 Å². The molecule has 0 N–H and O–H groups in total. The summed E-state index contributed by atoms with van der Waals surface area (Å²) >= 11 is 0. The first-order chi connectivity index (χ1) is 7.40. The zero-order chi connectivity index (χ0) is 10.5. The number of nitrogens with zero attached hydrogens (tertiary/aromatic N) is 1. The van der Waals surface area contributed by atoms with Crippen LogP contribution in [-0.2, 0) is 0 Å². The minimum Gasteiger partial charge on any atom is -0.197 e. The second-order valence-electron chi connectivity index (χ2n) is 3.20. The monoisotopic (exact) mass is 191 g/mol. The summed E-state index contributed by atoms with van der Waals surface area (Å²) in [4.78, 5) is 0. The third kappa shape index (κ3) is 2.16. The van der Waals surface area contributed by atoms with Crippen molar-refractivity contribution in [3.63, 3.8) is 0 Å². The number of fused-ring (bicyclic) bond motifs is 1. The van der Waals surface area contributed by atoms with E-state index >= 15 is 0 Å². The van der Waals surface area contributed by atoms with E-state index in [9.17, 15) is 0 Å². The highest BCUT2D eigenvalue weighted by atomic mass is 14.2. The van der Waals surface area contributed by atoms with Crippen molar-refractivity contribution < 1.29 is 0 Å². The molecule has 0 heterocycles. The van der Waals surface area contributed by atoms with Crippen LogP contribution in [0, 0.1) is 23.2 Å². The minimum atomic E-state index is 0.285. The molecule has 0 unspecified atom stereocenters. The molecule has 0 saturated carbocycles. The van der Waals surface area contributed by atoms with Gasteiger partial charge in [0.15, 0.2) is 0 Å². The van der Waals surface area contributed by atoms with E-state index in [4.69, 9.17) is 5.26 Å². The van der Waals surface area contributed by atoms with Gasteiger partial charge in [0.05, 0.1) is 12.5 Å². The van der Waals surface area contributed by atoms with Crippen molar-refractivity contribution in [1.82, 2.24) is 0 Å². The second kappa shape index (κ2) is 4.31. The Bertz CT molecular complexity index is 579. The van der Waals surface area contributed by atoms with Gasteiger partial charge in [-0.2, -0.15) is 5.26 Å². The quantitative estimate of drug-likeness (QED) is 0.587. The molecule has 2 aromatic rings. The lowest BCUT2D eigenvalue weighted by atomic mass is 10.1. The van der Waals surface area contributed by atoms with Crippen molar-refractivity contribution in [3.8, 4) is 17.9 Å². The molecule has 1 nitrogen and oxygen atoms in total. The van der Waals surface area contributed by atoms with Crippen LogP contribution in [0.3, 0.4) is 0 Å². The van der Waals surface area contributed by atoms with Crippen molar-refractivity contribution in [2.75, 3.05) is 0 Å². The first-order valence-electron chi connectivity index (χ1n) is 4.75. The average Bonchev–Trinajstić information content (AvgIpc) is 2.29. The molecule has 0 fully saturated rings. The number of nitriles is 1. The predicted molar refractivity (Wildman–Crippen MR) is 61.1 cm³/mol. The van der Waals surface area contributed by atoms with Crippen molar-refractivity contribution in [1.29, 1.82) is 5.26 Å². The Morgan fingerprint density at radius 1 is 1.00 bits per heavy atom. The predicted octanol–water partition coefficient (Wildman–Crippen LogP) is 3.10. The molecule has 0 aromatic heterocycles. The standard InChI is InChI=1S/C14H9N/c15-10-4-3-5-12-8-9-13-6-1-2-7-14(13)11-12/h1-2,6-9,11H,4H2. The summed E-state index contributed by atoms with van der Waals surface area (Å²) in [7, 11) is 0. The van der Waals surface area contributed by atoms with Crippen LogP contribution >= 0.6 is 0 Å². The van der Waals surface area contributed by atoms with Crippen molar-refractivity contribution >= 4 is 10.8 Å². The molecule has 0 aliphatic carbocycles. The lowest BCUT2D eigenvalue weighted by Gasteiger charge is -1.96. The number of hydrogen-bond donors (Lipinski definition) is 0. The summed E-state index contributed by atoms with van der Waals surface area (Å²) in [6.45, 7) is 0. The largest absolute Gasteiger partial charge is 0.197 e. The van der Waals surface area contributed by atoms with Gasteiger partial charge in [-0.1, -0.05) is 42.2 Å². The van der Waals surface area contributed by atoms with Crippen LogP contribution in [0.2, 0.25) is 0 Å². The lowest BCUT2D eigenvalue weighted by Crippen LogP contribution is -1.76. The Kier molecular flexibility index (Phi) is 2.68. The summed E-state index contributed by atoms with van der Waals surface area (Å²) in [5.41, 5.74) is 0.962. The topological polar surface area (TPSA) is 23.8 Å². The average molecular weight is 191 g/mol. The first-order valence-corrected chi connectivity index (χ1v) is 4.75. The van der Waals surface area contributed by atoms with Gasteiger partial charge in [0.2, 0.25) is 0 Å². The van der Waals surface area contributed by atoms with E-state index in [1.165, 1.54) is 10.8 Å². The Morgan fingerprint density at radius 2 is 1.80 bits per heavy atom. The highest BCUT2D eigenvalue weighted by molar-refractivity contribution is 5.83. The van der Waals surface area contributed by atoms with Gasteiger partial charge >= 0.3 is 0 Å². The summed E-state index contributed by atoms with van der Waals surface area (Å²) in [6, 6.07) is 16.2. The van der Waals surface area contributed by atoms with Gasteiger partial charge in [-0.15, -0.1) is 0 Å². The maximum absolute atomic E-state index is 8.36. The van der Waals surface area contributed by atoms with E-state index in [1.807, 2.05) is 36.4 Å². The van der Waals surface area contributed by atoms with Crippen LogP contribution in [0.5, 0.6) is 0 Å². The molecule has 15 heavy (non-hydrogen) atoms. The van der Waals surface area contributed by atoms with E-state index < -0.39 is 0 Å². The van der Waals surface area contributed by atoms with E-state index in [1.54, 1.807) is 0 Å². The number of rotatable bonds is 0. The van der Waals surface area contributed by atoms with Gasteiger partial charge in [0.1, 0.15) is 0 Å². The molecule has 0 bridgehead atoms. The Balaban J connectivity index is 2.41. The Hall–Kier alpha value is -2.25. The molecule has 1 heteroatoms. The molecule has 0 atom stereocenters.